The molecule has 2 heterocycles. The van der Waals surface area contributed by atoms with Crippen LogP contribution in [0.15, 0.2) is 54.7 Å². The molecular formula is C23H23F3N4O. The van der Waals surface area contributed by atoms with E-state index in [1.54, 1.807) is 6.20 Å². The Balaban J connectivity index is 1.35. The molecule has 0 atom stereocenters. The first-order valence-electron chi connectivity index (χ1n) is 10.3. The van der Waals surface area contributed by atoms with Gasteiger partial charge in [-0.2, -0.15) is 13.2 Å². The van der Waals surface area contributed by atoms with E-state index in [-0.39, 0.29) is 12.5 Å². The number of nitrogens with one attached hydrogen (secondary N) is 1. The fourth-order valence-corrected chi connectivity index (χ4v) is 3.92. The second kappa shape index (κ2) is 8.91. The van der Waals surface area contributed by atoms with Crippen LogP contribution in [0.2, 0.25) is 0 Å². The number of alkyl halides is 3. The number of carbonyl (C=O) groups excluding carboxylic acids is 1. The third-order valence-corrected chi connectivity index (χ3v) is 5.68. The van der Waals surface area contributed by atoms with Crippen molar-refractivity contribution in [1.82, 2.24) is 15.3 Å². The fourth-order valence-electron chi connectivity index (χ4n) is 3.92. The molecule has 0 saturated carbocycles. The van der Waals surface area contributed by atoms with E-state index < -0.39 is 12.1 Å². The molecule has 1 fully saturated rings. The Kier molecular flexibility index (Phi) is 6.06. The molecule has 1 amide bonds. The first-order chi connectivity index (χ1) is 14.9. The van der Waals surface area contributed by atoms with Crippen LogP contribution in [0.5, 0.6) is 0 Å². The van der Waals surface area contributed by atoms with Gasteiger partial charge in [-0.1, -0.05) is 36.4 Å². The smallest absolute Gasteiger partial charge is 0.348 e. The summed E-state index contributed by atoms with van der Waals surface area (Å²) in [5.41, 5.74) is 1.88. The highest BCUT2D eigenvalue weighted by molar-refractivity contribution is 5.86. The number of halogens is 3. The maximum Gasteiger partial charge on any atom is 0.471 e. The summed E-state index contributed by atoms with van der Waals surface area (Å²) >= 11 is 0. The third kappa shape index (κ3) is 5.13. The van der Waals surface area contributed by atoms with E-state index in [4.69, 9.17) is 4.98 Å². The standard InChI is InChI=1S/C23H23F3N4O/c24-23(25,26)21(31)27-11-7-16-9-13-30(14-10-16)22-28-12-8-20(29-22)19-6-5-17-3-1-2-4-18(17)15-19/h1-6,8,12,15-16H,7,9-11,13-14H2,(H,27,31). The van der Waals surface area contributed by atoms with E-state index >= 15 is 0 Å². The minimum Gasteiger partial charge on any atom is -0.348 e. The summed E-state index contributed by atoms with van der Waals surface area (Å²) in [4.78, 5) is 22.2. The van der Waals surface area contributed by atoms with Crippen LogP contribution >= 0.6 is 0 Å². The zero-order valence-electron chi connectivity index (χ0n) is 16.9. The Morgan fingerprint density at radius 1 is 1.06 bits per heavy atom. The van der Waals surface area contributed by atoms with Crippen LogP contribution in [0.25, 0.3) is 22.0 Å². The molecule has 1 aliphatic heterocycles. The quantitative estimate of drug-likeness (QED) is 0.646. The van der Waals surface area contributed by atoms with Crippen molar-refractivity contribution in [3.8, 4) is 11.3 Å². The Hall–Kier alpha value is -3.16. The number of aromatic nitrogens is 2. The van der Waals surface area contributed by atoms with Crippen molar-refractivity contribution in [2.75, 3.05) is 24.5 Å². The van der Waals surface area contributed by atoms with Gasteiger partial charge in [-0.15, -0.1) is 0 Å². The average Bonchev–Trinajstić information content (AvgIpc) is 2.78. The summed E-state index contributed by atoms with van der Waals surface area (Å²) in [6, 6.07) is 16.3. The van der Waals surface area contributed by atoms with E-state index in [9.17, 15) is 18.0 Å². The van der Waals surface area contributed by atoms with Gasteiger partial charge in [-0.05, 0) is 48.1 Å². The highest BCUT2D eigenvalue weighted by atomic mass is 19.4. The highest BCUT2D eigenvalue weighted by Crippen LogP contribution is 2.26. The lowest BCUT2D eigenvalue weighted by molar-refractivity contribution is -0.173. The highest BCUT2D eigenvalue weighted by Gasteiger charge is 2.38. The van der Waals surface area contributed by atoms with Gasteiger partial charge in [-0.25, -0.2) is 9.97 Å². The van der Waals surface area contributed by atoms with E-state index in [1.165, 1.54) is 5.39 Å². The van der Waals surface area contributed by atoms with Crippen molar-refractivity contribution >= 4 is 22.6 Å². The van der Waals surface area contributed by atoms with Gasteiger partial charge in [0.1, 0.15) is 0 Å². The molecule has 1 N–H and O–H groups in total. The van der Waals surface area contributed by atoms with Crippen LogP contribution in [0.3, 0.4) is 0 Å². The van der Waals surface area contributed by atoms with Gasteiger partial charge >= 0.3 is 12.1 Å². The number of benzene rings is 2. The van der Waals surface area contributed by atoms with Crippen LogP contribution in [0.1, 0.15) is 19.3 Å². The maximum atomic E-state index is 12.3. The molecule has 4 rings (SSSR count). The lowest BCUT2D eigenvalue weighted by Gasteiger charge is -2.32. The molecule has 1 aliphatic rings. The number of anilines is 1. The monoisotopic (exact) mass is 428 g/mol. The molecule has 0 aliphatic carbocycles. The van der Waals surface area contributed by atoms with Crippen LogP contribution in [0, 0.1) is 5.92 Å². The lowest BCUT2D eigenvalue weighted by atomic mass is 9.94. The summed E-state index contributed by atoms with van der Waals surface area (Å²) < 4.78 is 36.8. The number of nitrogens with zero attached hydrogens (tertiary/aromatic N) is 3. The first-order valence-corrected chi connectivity index (χ1v) is 10.3. The first kappa shape index (κ1) is 21.1. The van der Waals surface area contributed by atoms with Gasteiger partial charge < -0.3 is 10.2 Å². The Labute approximate surface area is 178 Å². The summed E-state index contributed by atoms with van der Waals surface area (Å²) in [5.74, 6) is -0.938. The molecule has 0 spiro atoms. The second-order valence-corrected chi connectivity index (χ2v) is 7.78. The minimum atomic E-state index is -4.82. The van der Waals surface area contributed by atoms with Crippen molar-refractivity contribution in [3.63, 3.8) is 0 Å². The van der Waals surface area contributed by atoms with Crippen molar-refractivity contribution in [3.05, 3.63) is 54.7 Å². The SMILES string of the molecule is O=C(NCCC1CCN(c2nccc(-c3ccc4ccccc4c3)n2)CC1)C(F)(F)F. The third-order valence-electron chi connectivity index (χ3n) is 5.68. The van der Waals surface area contributed by atoms with Gasteiger partial charge in [0, 0.05) is 31.4 Å². The summed E-state index contributed by atoms with van der Waals surface area (Å²) in [5, 5.41) is 4.28. The molecule has 2 aromatic carbocycles. The number of carbonyl (C=O) groups is 1. The predicted octanol–water partition coefficient (Wildman–Crippen LogP) is 4.58. The van der Waals surface area contributed by atoms with E-state index in [0.29, 0.717) is 12.4 Å². The van der Waals surface area contributed by atoms with E-state index in [1.807, 2.05) is 23.5 Å². The predicted molar refractivity (Wildman–Crippen MR) is 114 cm³/mol. The van der Waals surface area contributed by atoms with Crippen LogP contribution in [-0.2, 0) is 4.79 Å². The van der Waals surface area contributed by atoms with Crippen LogP contribution in [-0.4, -0.2) is 41.7 Å². The van der Waals surface area contributed by atoms with Gasteiger partial charge in [0.25, 0.3) is 0 Å². The largest absolute Gasteiger partial charge is 0.471 e. The van der Waals surface area contributed by atoms with Crippen molar-refractivity contribution < 1.29 is 18.0 Å². The molecule has 3 aromatic rings. The van der Waals surface area contributed by atoms with Gasteiger partial charge in [0.2, 0.25) is 5.95 Å². The molecule has 162 valence electrons. The Morgan fingerprint density at radius 3 is 2.55 bits per heavy atom. The van der Waals surface area contributed by atoms with Crippen LogP contribution in [0.4, 0.5) is 19.1 Å². The Morgan fingerprint density at radius 2 is 1.81 bits per heavy atom. The number of amides is 1. The molecular weight excluding hydrogens is 405 g/mol. The second-order valence-electron chi connectivity index (χ2n) is 7.78. The van der Waals surface area contributed by atoms with E-state index in [0.717, 1.165) is 42.6 Å². The van der Waals surface area contributed by atoms with Gasteiger partial charge in [0.15, 0.2) is 0 Å². The number of piperidine rings is 1. The summed E-state index contributed by atoms with van der Waals surface area (Å²) in [6.07, 6.45) is -0.882. The Bertz CT molecular complexity index is 1060. The number of rotatable bonds is 5. The molecule has 5 nitrogen and oxygen atoms in total. The number of fused-ring (bicyclic) bond motifs is 1. The maximum absolute atomic E-state index is 12.3. The fraction of sp³-hybridized carbons (Fsp3) is 0.348. The summed E-state index contributed by atoms with van der Waals surface area (Å²) in [6.45, 7) is 1.51. The molecule has 1 aromatic heterocycles. The zero-order valence-corrected chi connectivity index (χ0v) is 16.9. The molecule has 0 unspecified atom stereocenters. The number of hydrogen-bond donors (Lipinski definition) is 1. The normalized spacial score (nSPS) is 15.3. The van der Waals surface area contributed by atoms with Gasteiger partial charge in [-0.3, -0.25) is 4.79 Å². The molecule has 0 radical (unpaired) electrons. The van der Waals surface area contributed by atoms with E-state index in [2.05, 4.69) is 40.2 Å². The summed E-state index contributed by atoms with van der Waals surface area (Å²) in [7, 11) is 0. The van der Waals surface area contributed by atoms with Crippen molar-refractivity contribution in [1.29, 1.82) is 0 Å². The van der Waals surface area contributed by atoms with Crippen molar-refractivity contribution in [2.24, 2.45) is 5.92 Å². The molecule has 1 saturated heterocycles. The number of hydrogen-bond acceptors (Lipinski definition) is 4. The zero-order chi connectivity index (χ0) is 21.8. The minimum absolute atomic E-state index is 0.0386. The molecule has 0 bridgehead atoms. The lowest BCUT2D eigenvalue weighted by Crippen LogP contribution is -2.39. The molecule has 31 heavy (non-hydrogen) atoms. The van der Waals surface area contributed by atoms with Crippen LogP contribution < -0.4 is 10.2 Å². The van der Waals surface area contributed by atoms with Crippen molar-refractivity contribution in [2.45, 2.75) is 25.4 Å². The molecule has 8 heteroatoms. The average molecular weight is 428 g/mol. The topological polar surface area (TPSA) is 58.1 Å². The van der Waals surface area contributed by atoms with Gasteiger partial charge in [0.05, 0.1) is 5.69 Å².